The lowest BCUT2D eigenvalue weighted by atomic mass is 9.74. The third-order valence-corrected chi connectivity index (χ3v) is 6.16. The first-order valence-electron chi connectivity index (χ1n) is 11.1. The number of carboxylic acids is 1. The first kappa shape index (κ1) is 24.5. The van der Waals surface area contributed by atoms with E-state index >= 15 is 0 Å². The SMILES string of the molecule is CC1(C)CCC(N(C(=O)C(C)(C)C)[C@H]2C[C@@H](C(=O)O)N(C(=O)OC(C)(C)C)C2)CC1. The quantitative estimate of drug-likeness (QED) is 0.730. The van der Waals surface area contributed by atoms with Crippen LogP contribution in [0.5, 0.6) is 0 Å². The molecule has 2 aliphatic rings. The summed E-state index contributed by atoms with van der Waals surface area (Å²) in [7, 11) is 0. The van der Waals surface area contributed by atoms with Crippen molar-refractivity contribution in [1.82, 2.24) is 9.80 Å². The third-order valence-electron chi connectivity index (χ3n) is 6.16. The molecule has 2 amide bonds. The molecule has 0 unspecified atom stereocenters. The number of carbonyl (C=O) groups is 3. The summed E-state index contributed by atoms with van der Waals surface area (Å²) in [5, 5.41) is 9.75. The van der Waals surface area contributed by atoms with Gasteiger partial charge in [0.25, 0.3) is 0 Å². The van der Waals surface area contributed by atoms with Crippen molar-refractivity contribution in [3.05, 3.63) is 0 Å². The van der Waals surface area contributed by atoms with Gasteiger partial charge in [-0.15, -0.1) is 0 Å². The van der Waals surface area contributed by atoms with Crippen LogP contribution < -0.4 is 0 Å². The molecule has 7 heteroatoms. The molecule has 0 radical (unpaired) electrons. The van der Waals surface area contributed by atoms with Gasteiger partial charge in [0.15, 0.2) is 0 Å². The van der Waals surface area contributed by atoms with Gasteiger partial charge in [-0.3, -0.25) is 9.69 Å². The van der Waals surface area contributed by atoms with E-state index in [1.807, 2.05) is 25.7 Å². The van der Waals surface area contributed by atoms with E-state index < -0.39 is 29.1 Å². The van der Waals surface area contributed by atoms with E-state index in [0.29, 0.717) is 0 Å². The van der Waals surface area contributed by atoms with Crippen LogP contribution in [-0.2, 0) is 14.3 Å². The monoisotopic (exact) mass is 424 g/mol. The van der Waals surface area contributed by atoms with Gasteiger partial charge in [0.05, 0.1) is 6.04 Å². The number of ether oxygens (including phenoxy) is 1. The van der Waals surface area contributed by atoms with Gasteiger partial charge in [0.1, 0.15) is 11.6 Å². The zero-order valence-corrected chi connectivity index (χ0v) is 19.9. The van der Waals surface area contributed by atoms with Crippen molar-refractivity contribution >= 4 is 18.0 Å². The molecule has 1 N–H and O–H groups in total. The number of amides is 2. The Kier molecular flexibility index (Phi) is 6.84. The van der Waals surface area contributed by atoms with Crippen LogP contribution in [0.3, 0.4) is 0 Å². The summed E-state index contributed by atoms with van der Waals surface area (Å²) in [6.07, 6.45) is 3.44. The van der Waals surface area contributed by atoms with Gasteiger partial charge in [0.2, 0.25) is 5.91 Å². The van der Waals surface area contributed by atoms with Gasteiger partial charge < -0.3 is 14.7 Å². The van der Waals surface area contributed by atoms with Gasteiger partial charge in [-0.25, -0.2) is 9.59 Å². The minimum Gasteiger partial charge on any atom is -0.480 e. The Morgan fingerprint density at radius 3 is 1.97 bits per heavy atom. The Bertz CT molecular complexity index is 664. The molecule has 1 heterocycles. The average Bonchev–Trinajstić information content (AvgIpc) is 2.99. The normalized spacial score (nSPS) is 25.1. The highest BCUT2D eigenvalue weighted by Gasteiger charge is 2.48. The van der Waals surface area contributed by atoms with Crippen LogP contribution in [0.2, 0.25) is 0 Å². The minimum atomic E-state index is -1.06. The van der Waals surface area contributed by atoms with Crippen LogP contribution in [0.15, 0.2) is 0 Å². The first-order valence-corrected chi connectivity index (χ1v) is 11.1. The molecule has 1 aliphatic heterocycles. The fourth-order valence-corrected chi connectivity index (χ4v) is 4.45. The predicted octanol–water partition coefficient (Wildman–Crippen LogP) is 4.29. The number of nitrogens with zero attached hydrogens (tertiary/aromatic N) is 2. The lowest BCUT2D eigenvalue weighted by molar-refractivity contribution is -0.146. The molecule has 7 nitrogen and oxygen atoms in total. The number of hydrogen-bond donors (Lipinski definition) is 1. The summed E-state index contributed by atoms with van der Waals surface area (Å²) in [4.78, 5) is 41.3. The smallest absolute Gasteiger partial charge is 0.411 e. The van der Waals surface area contributed by atoms with E-state index in [1.54, 1.807) is 20.8 Å². The molecule has 30 heavy (non-hydrogen) atoms. The Hall–Kier alpha value is -1.79. The lowest BCUT2D eigenvalue weighted by Crippen LogP contribution is -2.53. The molecule has 0 aromatic rings. The van der Waals surface area contributed by atoms with Crippen molar-refractivity contribution in [2.45, 2.75) is 111 Å². The Morgan fingerprint density at radius 2 is 1.53 bits per heavy atom. The minimum absolute atomic E-state index is 0.0207. The number of likely N-dealkylation sites (tertiary alicyclic amines) is 1. The van der Waals surface area contributed by atoms with Crippen molar-refractivity contribution in [3.8, 4) is 0 Å². The molecule has 2 fully saturated rings. The van der Waals surface area contributed by atoms with Crippen molar-refractivity contribution in [1.29, 1.82) is 0 Å². The number of hydrogen-bond acceptors (Lipinski definition) is 4. The Balaban J connectivity index is 2.30. The van der Waals surface area contributed by atoms with Crippen LogP contribution in [0, 0.1) is 10.8 Å². The van der Waals surface area contributed by atoms with Gasteiger partial charge in [-0.05, 0) is 51.9 Å². The van der Waals surface area contributed by atoms with Crippen LogP contribution in [0.1, 0.15) is 87.5 Å². The summed E-state index contributed by atoms with van der Waals surface area (Å²) in [6.45, 7) is 15.6. The van der Waals surface area contributed by atoms with Crippen molar-refractivity contribution in [2.24, 2.45) is 10.8 Å². The molecule has 0 aromatic heterocycles. The highest BCUT2D eigenvalue weighted by atomic mass is 16.6. The predicted molar refractivity (Wildman–Crippen MR) is 115 cm³/mol. The molecule has 1 saturated heterocycles. The highest BCUT2D eigenvalue weighted by Crippen LogP contribution is 2.40. The zero-order chi connectivity index (χ0) is 23.1. The third kappa shape index (κ3) is 5.88. The molecule has 1 saturated carbocycles. The van der Waals surface area contributed by atoms with Crippen molar-refractivity contribution in [2.75, 3.05) is 6.54 Å². The van der Waals surface area contributed by atoms with Gasteiger partial charge in [0, 0.05) is 24.4 Å². The van der Waals surface area contributed by atoms with E-state index in [1.165, 1.54) is 4.90 Å². The number of carbonyl (C=O) groups excluding carboxylic acids is 2. The number of aliphatic carboxylic acids is 1. The zero-order valence-electron chi connectivity index (χ0n) is 19.9. The maximum atomic E-state index is 13.4. The fourth-order valence-electron chi connectivity index (χ4n) is 4.45. The van der Waals surface area contributed by atoms with Crippen LogP contribution in [0.4, 0.5) is 4.79 Å². The van der Waals surface area contributed by atoms with E-state index in [0.717, 1.165) is 25.7 Å². The number of carboxylic acid groups (broad SMARTS) is 1. The van der Waals surface area contributed by atoms with E-state index in [-0.39, 0.29) is 36.4 Å². The van der Waals surface area contributed by atoms with Crippen molar-refractivity contribution in [3.63, 3.8) is 0 Å². The van der Waals surface area contributed by atoms with E-state index in [2.05, 4.69) is 13.8 Å². The summed E-state index contributed by atoms with van der Waals surface area (Å²) in [6, 6.07) is -1.24. The molecule has 172 valence electrons. The maximum Gasteiger partial charge on any atom is 0.411 e. The molecular weight excluding hydrogens is 384 g/mol. The Morgan fingerprint density at radius 1 is 1.00 bits per heavy atom. The molecule has 0 spiro atoms. The lowest BCUT2D eigenvalue weighted by Gasteiger charge is -2.45. The van der Waals surface area contributed by atoms with E-state index in [4.69, 9.17) is 4.74 Å². The van der Waals surface area contributed by atoms with Crippen LogP contribution >= 0.6 is 0 Å². The second kappa shape index (κ2) is 8.39. The summed E-state index contributed by atoms with van der Waals surface area (Å²) < 4.78 is 5.45. The Labute approximate surface area is 181 Å². The second-order valence-corrected chi connectivity index (χ2v) is 11.7. The molecule has 0 bridgehead atoms. The average molecular weight is 425 g/mol. The largest absolute Gasteiger partial charge is 0.480 e. The molecule has 2 rings (SSSR count). The molecular formula is C23H40N2O5. The van der Waals surface area contributed by atoms with Gasteiger partial charge >= 0.3 is 12.1 Å². The van der Waals surface area contributed by atoms with Gasteiger partial charge in [-0.2, -0.15) is 0 Å². The van der Waals surface area contributed by atoms with E-state index in [9.17, 15) is 19.5 Å². The van der Waals surface area contributed by atoms with Crippen LogP contribution in [-0.4, -0.2) is 63.1 Å². The topological polar surface area (TPSA) is 87.2 Å². The molecule has 0 aromatic carbocycles. The standard InChI is InChI=1S/C23H40N2O5/c1-21(2,3)19(28)25(15-9-11-23(7,8)12-10-15)16-13-17(18(26)27)24(14-16)20(29)30-22(4,5)6/h15-17H,9-14H2,1-8H3,(H,26,27)/t16-,17-/m0/s1. The van der Waals surface area contributed by atoms with Crippen LogP contribution in [0.25, 0.3) is 0 Å². The highest BCUT2D eigenvalue weighted by molar-refractivity contribution is 5.84. The van der Waals surface area contributed by atoms with Crippen molar-refractivity contribution < 1.29 is 24.2 Å². The molecule has 2 atom stereocenters. The fraction of sp³-hybridized carbons (Fsp3) is 0.870. The summed E-state index contributed by atoms with van der Waals surface area (Å²) in [5.41, 5.74) is -1.03. The second-order valence-electron chi connectivity index (χ2n) is 11.7. The maximum absolute atomic E-state index is 13.4. The number of rotatable bonds is 3. The summed E-state index contributed by atoms with van der Waals surface area (Å²) in [5.74, 6) is -1.04. The summed E-state index contributed by atoms with van der Waals surface area (Å²) >= 11 is 0. The first-order chi connectivity index (χ1) is 13.5. The van der Waals surface area contributed by atoms with Gasteiger partial charge in [-0.1, -0.05) is 34.6 Å². The molecule has 1 aliphatic carbocycles.